The third-order valence-corrected chi connectivity index (χ3v) is 7.39. The summed E-state index contributed by atoms with van der Waals surface area (Å²) in [6.07, 6.45) is 5.13. The van der Waals surface area contributed by atoms with Gasteiger partial charge in [0.05, 0.1) is 32.2 Å². The molecule has 226 valence electrons. The topological polar surface area (TPSA) is 155 Å². The zero-order chi connectivity index (χ0) is 30.8. The van der Waals surface area contributed by atoms with Crippen LogP contribution in [0, 0.1) is 0 Å². The van der Waals surface area contributed by atoms with Gasteiger partial charge >= 0.3 is 0 Å². The van der Waals surface area contributed by atoms with E-state index in [1.807, 2.05) is 56.4 Å². The Morgan fingerprint density at radius 3 is 2.53 bits per heavy atom. The third-order valence-electron chi connectivity index (χ3n) is 7.39. The summed E-state index contributed by atoms with van der Waals surface area (Å²) in [7, 11) is 3.43. The van der Waals surface area contributed by atoms with Gasteiger partial charge in [-0.15, -0.1) is 0 Å². The van der Waals surface area contributed by atoms with Crippen LogP contribution in [0.25, 0.3) is 32.7 Å². The van der Waals surface area contributed by atoms with Crippen molar-refractivity contribution in [2.24, 2.45) is 5.73 Å². The molecule has 2 saturated heterocycles. The highest BCUT2D eigenvalue weighted by atomic mass is 16.7. The number of nitrogens with two attached hydrogens (primary N) is 1. The number of aromatic nitrogens is 3. The van der Waals surface area contributed by atoms with Gasteiger partial charge in [0.1, 0.15) is 13.1 Å². The molecule has 5 aromatic rings. The van der Waals surface area contributed by atoms with Crippen LogP contribution >= 0.6 is 0 Å². The molecule has 1 spiro atoms. The Labute approximate surface area is 249 Å². The van der Waals surface area contributed by atoms with Crippen molar-refractivity contribution in [1.29, 1.82) is 0 Å². The summed E-state index contributed by atoms with van der Waals surface area (Å²) in [5, 5.41) is 6.50. The van der Waals surface area contributed by atoms with Crippen molar-refractivity contribution in [3.05, 3.63) is 78.2 Å². The van der Waals surface area contributed by atoms with Crippen molar-refractivity contribution in [1.82, 2.24) is 25.2 Å². The minimum Gasteiger partial charge on any atom is -0.357 e. The molecule has 2 aliphatic rings. The van der Waals surface area contributed by atoms with Gasteiger partial charge in [0.15, 0.2) is 5.79 Å². The Balaban J connectivity index is 0.000000221. The molecule has 0 radical (unpaired) electrons. The number of ether oxygens (including phenoxy) is 2. The van der Waals surface area contributed by atoms with Gasteiger partial charge < -0.3 is 45.0 Å². The lowest BCUT2D eigenvalue weighted by atomic mass is 10.1. The molecule has 43 heavy (non-hydrogen) atoms. The fraction of sp³-hybridized carbons (Fsp3) is 0.312. The van der Waals surface area contributed by atoms with Crippen molar-refractivity contribution >= 4 is 51.7 Å². The summed E-state index contributed by atoms with van der Waals surface area (Å²) in [5.74, 6) is -0.885. The first-order valence-corrected chi connectivity index (χ1v) is 14.0. The normalized spacial score (nSPS) is 16.7. The highest BCUT2D eigenvalue weighted by Crippen LogP contribution is 2.34. The summed E-state index contributed by atoms with van der Waals surface area (Å²) in [6, 6.07) is 17.7. The SMILES string of the molecule is C=O.CN.CNCc1cc2cnccc2[nH]1.O=CC1CC2(CN1C(=O)Cc1ccc3[nH]c4ccccc4c3c1)OCCO2. The van der Waals surface area contributed by atoms with E-state index in [-0.39, 0.29) is 12.3 Å². The second-order valence-electron chi connectivity index (χ2n) is 10.1. The zero-order valence-electron chi connectivity index (χ0n) is 24.5. The molecule has 2 aromatic carbocycles. The van der Waals surface area contributed by atoms with Crippen molar-refractivity contribution in [2.75, 3.05) is 33.9 Å². The molecule has 5 heterocycles. The van der Waals surface area contributed by atoms with E-state index in [1.54, 1.807) is 11.1 Å². The number of amides is 1. The number of likely N-dealkylation sites (tertiary alicyclic amines) is 1. The van der Waals surface area contributed by atoms with E-state index in [0.717, 1.165) is 45.7 Å². The lowest BCUT2D eigenvalue weighted by Crippen LogP contribution is -2.40. The minimum absolute atomic E-state index is 0.0812. The van der Waals surface area contributed by atoms with Gasteiger partial charge in [0.25, 0.3) is 0 Å². The second kappa shape index (κ2) is 14.7. The van der Waals surface area contributed by atoms with E-state index < -0.39 is 11.8 Å². The number of para-hydroxylation sites is 1. The van der Waals surface area contributed by atoms with Gasteiger partial charge in [-0.3, -0.25) is 9.78 Å². The summed E-state index contributed by atoms with van der Waals surface area (Å²) < 4.78 is 11.4. The first-order chi connectivity index (χ1) is 21.1. The Morgan fingerprint density at radius 1 is 1.07 bits per heavy atom. The number of nitrogens with one attached hydrogen (secondary N) is 3. The van der Waals surface area contributed by atoms with Crippen molar-refractivity contribution < 1.29 is 23.9 Å². The predicted molar refractivity (Wildman–Crippen MR) is 166 cm³/mol. The van der Waals surface area contributed by atoms with Gasteiger partial charge in [-0.1, -0.05) is 24.3 Å². The molecule has 0 aliphatic carbocycles. The summed E-state index contributed by atoms with van der Waals surface area (Å²) in [6.45, 7) is 4.19. The van der Waals surface area contributed by atoms with E-state index in [1.165, 1.54) is 18.1 Å². The van der Waals surface area contributed by atoms with Crippen LogP contribution in [0.3, 0.4) is 0 Å². The molecular weight excluding hydrogens is 548 g/mol. The molecule has 0 bridgehead atoms. The molecule has 1 atom stereocenters. The van der Waals surface area contributed by atoms with E-state index in [0.29, 0.717) is 26.2 Å². The monoisotopic (exact) mass is 586 g/mol. The zero-order valence-corrected chi connectivity index (χ0v) is 24.5. The number of pyridine rings is 1. The molecule has 5 N–H and O–H groups in total. The van der Waals surface area contributed by atoms with Gasteiger partial charge in [-0.2, -0.15) is 0 Å². The van der Waals surface area contributed by atoms with Gasteiger partial charge in [0.2, 0.25) is 5.91 Å². The molecule has 2 fully saturated rings. The van der Waals surface area contributed by atoms with Crippen LogP contribution in [0.15, 0.2) is 67.0 Å². The standard InChI is InChI=1S/C21H20N2O4.C9H11N3.CH5N.CH2O/c24-12-15-11-21(26-7-8-27-21)13-23(15)20(25)10-14-5-6-19-17(9-14)16-3-1-2-4-18(16)22-19;1-10-6-8-4-7-5-11-3-2-9(7)12-8;2*1-2/h1-6,9,12,15,22H,7-8,10-11,13H2;2-5,10,12H,6H2,1H3;2H2,1H3;1H2. The van der Waals surface area contributed by atoms with Crippen LogP contribution in [0.2, 0.25) is 0 Å². The third kappa shape index (κ3) is 6.98. The van der Waals surface area contributed by atoms with Crippen LogP contribution in [0.4, 0.5) is 0 Å². The number of aromatic amines is 2. The number of fused-ring (bicyclic) bond motifs is 4. The number of benzene rings is 2. The molecule has 2 aliphatic heterocycles. The quantitative estimate of drug-likeness (QED) is 0.229. The lowest BCUT2D eigenvalue weighted by molar-refractivity contribution is -0.152. The Hall–Kier alpha value is -4.42. The summed E-state index contributed by atoms with van der Waals surface area (Å²) in [4.78, 5) is 44.7. The smallest absolute Gasteiger partial charge is 0.227 e. The van der Waals surface area contributed by atoms with E-state index >= 15 is 0 Å². The van der Waals surface area contributed by atoms with Gasteiger partial charge in [0, 0.05) is 63.8 Å². The Morgan fingerprint density at radius 2 is 1.81 bits per heavy atom. The molecule has 1 amide bonds. The number of hydrogen-bond donors (Lipinski definition) is 4. The molecule has 11 nitrogen and oxygen atoms in total. The molecule has 1 unspecified atom stereocenters. The average Bonchev–Trinajstić information content (AvgIpc) is 3.84. The maximum atomic E-state index is 12.9. The maximum Gasteiger partial charge on any atom is 0.227 e. The van der Waals surface area contributed by atoms with Gasteiger partial charge in [-0.25, -0.2) is 0 Å². The summed E-state index contributed by atoms with van der Waals surface area (Å²) in [5.41, 5.74) is 9.90. The van der Waals surface area contributed by atoms with Crippen molar-refractivity contribution in [2.45, 2.75) is 31.2 Å². The van der Waals surface area contributed by atoms with Crippen molar-refractivity contribution in [3.63, 3.8) is 0 Å². The molecule has 0 saturated carbocycles. The number of carbonyl (C=O) groups is 3. The molecular formula is C32H38N6O5. The first-order valence-electron chi connectivity index (χ1n) is 14.0. The maximum absolute atomic E-state index is 12.9. The molecule has 11 heteroatoms. The number of carbonyl (C=O) groups excluding carboxylic acids is 3. The van der Waals surface area contributed by atoms with Crippen LogP contribution < -0.4 is 11.1 Å². The first kappa shape index (κ1) is 31.5. The fourth-order valence-corrected chi connectivity index (χ4v) is 5.57. The second-order valence-corrected chi connectivity index (χ2v) is 10.1. The Kier molecular flexibility index (Phi) is 10.7. The fourth-order valence-electron chi connectivity index (χ4n) is 5.57. The number of nitrogens with zero attached hydrogens (tertiary/aromatic N) is 2. The summed E-state index contributed by atoms with van der Waals surface area (Å²) >= 11 is 0. The number of hydrogen-bond acceptors (Lipinski definition) is 8. The number of H-pyrrole nitrogens is 2. The average molecular weight is 587 g/mol. The van der Waals surface area contributed by atoms with Crippen molar-refractivity contribution in [3.8, 4) is 0 Å². The number of rotatable bonds is 5. The van der Waals surface area contributed by atoms with E-state index in [4.69, 9.17) is 14.3 Å². The molecule has 3 aromatic heterocycles. The van der Waals surface area contributed by atoms with Crippen LogP contribution in [-0.2, 0) is 36.8 Å². The highest BCUT2D eigenvalue weighted by Gasteiger charge is 2.49. The Bertz CT molecular complexity index is 1630. The minimum atomic E-state index is -0.804. The highest BCUT2D eigenvalue weighted by molar-refractivity contribution is 6.07. The van der Waals surface area contributed by atoms with E-state index in [9.17, 15) is 9.59 Å². The van der Waals surface area contributed by atoms with Crippen LogP contribution in [0.5, 0.6) is 0 Å². The predicted octanol–water partition coefficient (Wildman–Crippen LogP) is 3.08. The van der Waals surface area contributed by atoms with E-state index in [2.05, 4.69) is 44.2 Å². The van der Waals surface area contributed by atoms with Gasteiger partial charge in [-0.05, 0) is 50.0 Å². The van der Waals surface area contributed by atoms with Crippen LogP contribution in [-0.4, -0.2) is 84.5 Å². The number of aldehydes is 1. The van der Waals surface area contributed by atoms with Crippen LogP contribution in [0.1, 0.15) is 17.7 Å². The lowest BCUT2D eigenvalue weighted by Gasteiger charge is -2.23. The largest absolute Gasteiger partial charge is 0.357 e. The molecule has 7 rings (SSSR count).